The van der Waals surface area contributed by atoms with E-state index < -0.39 is 23.2 Å². The lowest BCUT2D eigenvalue weighted by Crippen LogP contribution is -2.50. The average molecular weight is 1120 g/mol. The van der Waals surface area contributed by atoms with Crippen molar-refractivity contribution in [2.24, 2.45) is 0 Å². The monoisotopic (exact) mass is 1120 g/mol. The number of phenols is 3. The number of aromatic hydroxyl groups is 3. The summed E-state index contributed by atoms with van der Waals surface area (Å²) in [6.45, 7) is 16.0. The topological polar surface area (TPSA) is 295 Å². The molecule has 2 amide bonds. The second kappa shape index (κ2) is 35.1. The Morgan fingerprint density at radius 2 is 0.747 bits per heavy atom. The maximum Gasteiger partial charge on any atom is 0.320 e. The van der Waals surface area contributed by atoms with Gasteiger partial charge in [0.15, 0.2) is 40.2 Å². The Balaban J connectivity index is 0.000000289. The van der Waals surface area contributed by atoms with Gasteiger partial charge in [-0.3, -0.25) is 43.5 Å². The molecule has 0 aromatic heterocycles. The molecule has 0 spiro atoms. The van der Waals surface area contributed by atoms with Crippen molar-refractivity contribution < 1.29 is 91.8 Å². The predicted molar refractivity (Wildman–Crippen MR) is 288 cm³/mol. The summed E-state index contributed by atoms with van der Waals surface area (Å²) in [4.78, 5) is 79.1. The summed E-state index contributed by atoms with van der Waals surface area (Å²) in [7, 11) is 9.11. The second-order valence-electron chi connectivity index (χ2n) is 17.7. The maximum atomic E-state index is 12.7. The molecule has 25 nitrogen and oxygen atoms in total. The predicted octanol–water partition coefficient (Wildman–Crippen LogP) is 1.81. The van der Waals surface area contributed by atoms with Crippen molar-refractivity contribution in [1.29, 1.82) is 0 Å². The van der Waals surface area contributed by atoms with E-state index in [1.165, 1.54) is 33.5 Å². The van der Waals surface area contributed by atoms with Crippen molar-refractivity contribution in [2.75, 3.05) is 161 Å². The minimum atomic E-state index is -0.908. The fraction of sp³-hybridized carbons (Fsp3) is 0.556. The number of hydrogen-bond donors (Lipinski definition) is 5. The summed E-state index contributed by atoms with van der Waals surface area (Å²) in [6, 6.07) is 9.32. The van der Waals surface area contributed by atoms with Gasteiger partial charge in [0.25, 0.3) is 0 Å². The molecule has 440 valence electrons. The molecule has 3 saturated heterocycles. The Labute approximate surface area is 461 Å². The first-order chi connectivity index (χ1) is 37.9. The fourth-order valence-electron chi connectivity index (χ4n) is 8.33. The third-order valence-corrected chi connectivity index (χ3v) is 12.3. The molecule has 0 atom stereocenters. The number of carboxylic acids is 1. The highest BCUT2D eigenvalue weighted by molar-refractivity contribution is 5.80. The Morgan fingerprint density at radius 1 is 0.443 bits per heavy atom. The van der Waals surface area contributed by atoms with Crippen molar-refractivity contribution in [2.45, 2.75) is 40.0 Å². The van der Waals surface area contributed by atoms with Crippen LogP contribution in [0.5, 0.6) is 51.7 Å². The van der Waals surface area contributed by atoms with Gasteiger partial charge < -0.3 is 78.2 Å². The third-order valence-electron chi connectivity index (χ3n) is 12.3. The first kappa shape index (κ1) is 65.8. The van der Waals surface area contributed by atoms with Gasteiger partial charge in [-0.05, 0) is 73.9 Å². The van der Waals surface area contributed by atoms with Gasteiger partial charge in [-0.25, -0.2) is 0 Å². The lowest BCUT2D eigenvalue weighted by molar-refractivity contribution is -0.146. The molecule has 3 aromatic rings. The number of amides is 2. The number of methoxy groups -OCH3 is 6. The minimum Gasteiger partial charge on any atom is -0.504 e. The van der Waals surface area contributed by atoms with Gasteiger partial charge in [0, 0.05) is 78.5 Å². The number of piperazine rings is 3. The van der Waals surface area contributed by atoms with Crippen molar-refractivity contribution in [3.63, 3.8) is 0 Å². The molecular formula is C54H80N6O19. The average Bonchev–Trinajstić information content (AvgIpc) is 3.43. The van der Waals surface area contributed by atoms with Crippen LogP contribution in [0.2, 0.25) is 0 Å². The second-order valence-corrected chi connectivity index (χ2v) is 17.7. The van der Waals surface area contributed by atoms with E-state index in [0.29, 0.717) is 124 Å². The molecular weight excluding hydrogens is 1040 g/mol. The number of nitrogens with zero attached hydrogens (tertiary/aromatic N) is 5. The number of carbonyl (C=O) groups is 6. The molecule has 0 saturated carbocycles. The highest BCUT2D eigenvalue weighted by Gasteiger charge is 2.26. The summed E-state index contributed by atoms with van der Waals surface area (Å²) in [5.41, 5.74) is 1.81. The van der Waals surface area contributed by atoms with Crippen LogP contribution in [0.3, 0.4) is 0 Å². The Bertz CT molecular complexity index is 2350. The van der Waals surface area contributed by atoms with E-state index in [1.807, 2.05) is 21.6 Å². The quantitative estimate of drug-likeness (QED) is 0.0577. The number of carbonyl (C=O) groups excluding carboxylic acids is 5. The van der Waals surface area contributed by atoms with Crippen LogP contribution in [0.1, 0.15) is 37.5 Å². The summed E-state index contributed by atoms with van der Waals surface area (Å²) in [5, 5.41) is 40.2. The van der Waals surface area contributed by atoms with Crippen LogP contribution >= 0.6 is 0 Å². The number of benzene rings is 3. The summed E-state index contributed by atoms with van der Waals surface area (Å²) in [6.07, 6.45) is 0.171. The summed E-state index contributed by atoms with van der Waals surface area (Å²) >= 11 is 0. The first-order valence-electron chi connectivity index (χ1n) is 25.8. The van der Waals surface area contributed by atoms with Gasteiger partial charge in [0.1, 0.15) is 0 Å². The zero-order valence-electron chi connectivity index (χ0n) is 47.0. The number of rotatable bonds is 21. The molecule has 0 bridgehead atoms. The van der Waals surface area contributed by atoms with Crippen LogP contribution < -0.4 is 33.7 Å². The smallest absolute Gasteiger partial charge is 0.320 e. The van der Waals surface area contributed by atoms with Crippen LogP contribution in [0.25, 0.3) is 0 Å². The number of esters is 3. The lowest BCUT2D eigenvalue weighted by atomic mass is 10.1. The molecule has 3 aliphatic heterocycles. The van der Waals surface area contributed by atoms with E-state index in [0.717, 1.165) is 31.7 Å². The standard InChI is InChI=1S/C19H28N2O6.C16H22N2O6.C11H14O5.C8H16N2O2/c1-5-27-18(23)13-20-6-8-21(9-7-20)17(22)12-14-10-15(24-2)19(26-4)16(11-14)25-3;1-2-24-15(22)10-17-3-5-18(6-4-17)14(21)9-11-7-12(19)16(23)13(20)8-11;1-14-8-4-7(6-10(12)13)5-9(15-2)11(8)16-3;1-2-12-8(11)7-10-5-3-9-4-6-10/h10-11H,5-9,12-13H2,1-4H3;7-8,19-20,23H,2-6,9-10H2,1H3;4-5H,6H2,1-3H3,(H,12,13);9H,2-7H2,1H3. The van der Waals surface area contributed by atoms with E-state index in [1.54, 1.807) is 64.3 Å². The van der Waals surface area contributed by atoms with Gasteiger partial charge in [-0.1, -0.05) is 0 Å². The fourth-order valence-corrected chi connectivity index (χ4v) is 8.33. The number of aliphatic carboxylic acids is 1. The van der Waals surface area contributed by atoms with Crippen LogP contribution in [-0.4, -0.2) is 241 Å². The molecule has 25 heteroatoms. The van der Waals surface area contributed by atoms with E-state index in [4.69, 9.17) is 47.7 Å². The molecule has 3 fully saturated rings. The van der Waals surface area contributed by atoms with Crippen LogP contribution in [0, 0.1) is 0 Å². The van der Waals surface area contributed by atoms with E-state index in [2.05, 4.69) is 10.2 Å². The minimum absolute atomic E-state index is 0.0132. The highest BCUT2D eigenvalue weighted by Crippen LogP contribution is 2.40. The van der Waals surface area contributed by atoms with E-state index in [-0.39, 0.29) is 62.1 Å². The van der Waals surface area contributed by atoms with Gasteiger partial charge in [0.05, 0.1) is 101 Å². The normalized spacial score (nSPS) is 14.5. The van der Waals surface area contributed by atoms with Gasteiger partial charge in [-0.2, -0.15) is 0 Å². The first-order valence-corrected chi connectivity index (χ1v) is 25.8. The number of nitrogens with one attached hydrogen (secondary N) is 1. The Kier molecular flexibility index (Phi) is 29.2. The van der Waals surface area contributed by atoms with Crippen molar-refractivity contribution in [3.8, 4) is 51.7 Å². The zero-order chi connectivity index (χ0) is 58.4. The molecule has 5 N–H and O–H groups in total. The van der Waals surface area contributed by atoms with Crippen molar-refractivity contribution >= 4 is 35.7 Å². The molecule has 3 aromatic carbocycles. The van der Waals surface area contributed by atoms with Gasteiger partial charge in [0.2, 0.25) is 23.3 Å². The number of phenolic OH excluding ortho intramolecular Hbond substituents is 3. The van der Waals surface area contributed by atoms with Crippen molar-refractivity contribution in [3.05, 3.63) is 53.1 Å². The van der Waals surface area contributed by atoms with Gasteiger partial charge >= 0.3 is 23.9 Å². The third kappa shape index (κ3) is 22.4. The molecule has 0 unspecified atom stereocenters. The van der Waals surface area contributed by atoms with E-state index >= 15 is 0 Å². The Hall–Kier alpha value is -7.48. The summed E-state index contributed by atoms with van der Waals surface area (Å²) in [5.74, 6) is -0.226. The number of ether oxygens (including phenoxy) is 9. The molecule has 3 aliphatic rings. The van der Waals surface area contributed by atoms with Crippen LogP contribution in [0.4, 0.5) is 0 Å². The number of hydrogen-bond acceptors (Lipinski definition) is 22. The molecule has 79 heavy (non-hydrogen) atoms. The lowest BCUT2D eigenvalue weighted by Gasteiger charge is -2.34. The van der Waals surface area contributed by atoms with E-state index in [9.17, 15) is 44.1 Å². The molecule has 0 radical (unpaired) electrons. The zero-order valence-corrected chi connectivity index (χ0v) is 47.0. The van der Waals surface area contributed by atoms with Crippen LogP contribution in [0.15, 0.2) is 36.4 Å². The molecule has 3 heterocycles. The van der Waals surface area contributed by atoms with Gasteiger partial charge in [-0.15, -0.1) is 0 Å². The largest absolute Gasteiger partial charge is 0.504 e. The SMILES string of the molecule is CCOC(=O)CN1CCN(C(=O)Cc2cc(O)c(O)c(O)c2)CC1.CCOC(=O)CN1CCN(C(=O)Cc2cc(OC)c(OC)c(OC)c2)CC1.CCOC(=O)CN1CCNCC1.COc1cc(CC(=O)O)cc(OC)c1OC. The number of carboxylic acid groups (broad SMARTS) is 1. The van der Waals surface area contributed by atoms with Crippen molar-refractivity contribution in [1.82, 2.24) is 29.8 Å². The highest BCUT2D eigenvalue weighted by atomic mass is 16.6. The maximum absolute atomic E-state index is 12.7. The Morgan fingerprint density at radius 3 is 1.04 bits per heavy atom. The molecule has 0 aliphatic carbocycles. The van der Waals surface area contributed by atoms with Crippen LogP contribution in [-0.2, 0) is 62.2 Å². The summed E-state index contributed by atoms with van der Waals surface area (Å²) < 4.78 is 46.0. The molecule has 6 rings (SSSR count).